The van der Waals surface area contributed by atoms with Crippen LogP contribution in [0.2, 0.25) is 5.02 Å². The Hall–Kier alpha value is -2.03. The van der Waals surface area contributed by atoms with Crippen molar-refractivity contribution in [3.8, 4) is 0 Å². The summed E-state index contributed by atoms with van der Waals surface area (Å²) in [7, 11) is 0. The maximum Gasteiger partial charge on any atom is 0.264 e. The van der Waals surface area contributed by atoms with Crippen LogP contribution < -0.4 is 11.3 Å². The molecule has 3 rings (SSSR count). The van der Waals surface area contributed by atoms with Crippen LogP contribution in [-0.2, 0) is 5.75 Å². The molecule has 3 aromatic rings. The second kappa shape index (κ2) is 8.37. The van der Waals surface area contributed by atoms with Gasteiger partial charge in [-0.1, -0.05) is 69.6 Å². The lowest BCUT2D eigenvalue weighted by Gasteiger charge is -2.04. The van der Waals surface area contributed by atoms with Gasteiger partial charge >= 0.3 is 0 Å². The number of hydrogen-bond acceptors (Lipinski definition) is 6. The zero-order valence-electron chi connectivity index (χ0n) is 12.9. The number of hydrazone groups is 1. The number of rotatable bonds is 6. The van der Waals surface area contributed by atoms with Crippen LogP contribution in [0.15, 0.2) is 63.3 Å². The largest absolute Gasteiger partial charge is 0.334 e. The van der Waals surface area contributed by atoms with Crippen LogP contribution in [0.1, 0.15) is 11.1 Å². The number of nitrogen functional groups attached to an aromatic ring is 1. The first kappa shape index (κ1) is 17.8. The highest BCUT2D eigenvalue weighted by Crippen LogP contribution is 2.25. The Morgan fingerprint density at radius 2 is 1.96 bits per heavy atom. The lowest BCUT2D eigenvalue weighted by Crippen LogP contribution is -2.13. The molecule has 0 atom stereocenters. The fourth-order valence-electron chi connectivity index (χ4n) is 1.92. The molecule has 128 valence electrons. The van der Waals surface area contributed by atoms with Gasteiger partial charge in [0.25, 0.3) is 5.95 Å². The molecule has 0 radical (unpaired) electrons. The number of thioether (sulfide) groups is 1. The molecule has 2 aromatic carbocycles. The topological polar surface area (TPSA) is 81.1 Å². The summed E-state index contributed by atoms with van der Waals surface area (Å²) >= 11 is 11.0. The number of nitrogens with zero attached hydrogens (tertiary/aromatic N) is 4. The van der Waals surface area contributed by atoms with E-state index in [-0.39, 0.29) is 0 Å². The van der Waals surface area contributed by atoms with Crippen molar-refractivity contribution >= 4 is 51.5 Å². The molecule has 3 N–H and O–H groups in total. The van der Waals surface area contributed by atoms with Crippen molar-refractivity contribution in [2.24, 2.45) is 5.10 Å². The van der Waals surface area contributed by atoms with E-state index in [0.29, 0.717) is 16.9 Å². The van der Waals surface area contributed by atoms with Crippen LogP contribution >= 0.6 is 39.3 Å². The molecule has 0 spiro atoms. The van der Waals surface area contributed by atoms with Crippen LogP contribution in [0.25, 0.3) is 0 Å². The predicted molar refractivity (Wildman–Crippen MR) is 107 cm³/mol. The number of nitrogens with two attached hydrogens (primary N) is 1. The molecule has 0 aliphatic rings. The second-order valence-corrected chi connectivity index (χ2v) is 7.24. The summed E-state index contributed by atoms with van der Waals surface area (Å²) in [5.74, 6) is 7.01. The van der Waals surface area contributed by atoms with Crippen LogP contribution in [-0.4, -0.2) is 21.1 Å². The standard InChI is InChI=1S/C16H14BrClN6S/c17-13-7-5-11(6-8-13)9-20-21-15-22-23-16(24(15)19)25-10-12-3-1-2-4-14(12)18/h1-9H,10,19H2,(H,21,22)/b20-9+. The number of hydrogen-bond donors (Lipinski definition) is 2. The molecular weight excluding hydrogens is 424 g/mol. The predicted octanol–water partition coefficient (Wildman–Crippen LogP) is 4.15. The van der Waals surface area contributed by atoms with Gasteiger partial charge in [0.1, 0.15) is 0 Å². The van der Waals surface area contributed by atoms with Crippen molar-refractivity contribution in [3.05, 3.63) is 69.2 Å². The summed E-state index contributed by atoms with van der Waals surface area (Å²) in [5.41, 5.74) is 4.75. The van der Waals surface area contributed by atoms with Crippen molar-refractivity contribution in [1.29, 1.82) is 0 Å². The number of anilines is 1. The summed E-state index contributed by atoms with van der Waals surface area (Å²) in [4.78, 5) is 0. The Balaban J connectivity index is 1.61. The van der Waals surface area contributed by atoms with Gasteiger partial charge in [-0.25, -0.2) is 10.1 Å². The van der Waals surface area contributed by atoms with Gasteiger partial charge in [-0.15, -0.1) is 10.2 Å². The first-order valence-electron chi connectivity index (χ1n) is 7.25. The van der Waals surface area contributed by atoms with Gasteiger partial charge in [-0.3, -0.25) is 0 Å². The smallest absolute Gasteiger partial charge is 0.264 e. The molecular formula is C16H14BrClN6S. The van der Waals surface area contributed by atoms with E-state index < -0.39 is 0 Å². The van der Waals surface area contributed by atoms with Gasteiger partial charge in [-0.05, 0) is 29.3 Å². The number of aromatic nitrogens is 3. The van der Waals surface area contributed by atoms with Gasteiger partial charge in [0.05, 0.1) is 6.21 Å². The Morgan fingerprint density at radius 1 is 1.20 bits per heavy atom. The Bertz CT molecular complexity index is 881. The highest BCUT2D eigenvalue weighted by atomic mass is 79.9. The van der Waals surface area contributed by atoms with Crippen molar-refractivity contribution in [2.75, 3.05) is 11.3 Å². The molecule has 1 heterocycles. The van der Waals surface area contributed by atoms with Crippen molar-refractivity contribution in [3.63, 3.8) is 0 Å². The summed E-state index contributed by atoms with van der Waals surface area (Å²) < 4.78 is 2.37. The van der Waals surface area contributed by atoms with Crippen LogP contribution in [0.3, 0.4) is 0 Å². The Morgan fingerprint density at radius 3 is 2.72 bits per heavy atom. The number of nitrogens with one attached hydrogen (secondary N) is 1. The zero-order valence-corrected chi connectivity index (χ0v) is 16.1. The van der Waals surface area contributed by atoms with E-state index in [1.54, 1.807) is 6.21 Å². The van der Waals surface area contributed by atoms with Crippen molar-refractivity contribution < 1.29 is 0 Å². The lowest BCUT2D eigenvalue weighted by atomic mass is 10.2. The van der Waals surface area contributed by atoms with Crippen LogP contribution in [0, 0.1) is 0 Å². The monoisotopic (exact) mass is 436 g/mol. The Labute approximate surface area is 162 Å². The molecule has 9 heteroatoms. The first-order valence-corrected chi connectivity index (χ1v) is 9.40. The Kier molecular flexibility index (Phi) is 5.95. The van der Waals surface area contributed by atoms with Crippen molar-refractivity contribution in [1.82, 2.24) is 14.9 Å². The summed E-state index contributed by atoms with van der Waals surface area (Å²) in [6.45, 7) is 0. The molecule has 0 saturated heterocycles. The fourth-order valence-corrected chi connectivity index (χ4v) is 3.33. The van der Waals surface area contributed by atoms with Crippen molar-refractivity contribution in [2.45, 2.75) is 10.9 Å². The average Bonchev–Trinajstić information content (AvgIpc) is 2.96. The molecule has 0 amide bonds. The zero-order chi connectivity index (χ0) is 17.6. The van der Waals surface area contributed by atoms with E-state index in [1.807, 2.05) is 48.5 Å². The highest BCUT2D eigenvalue weighted by molar-refractivity contribution is 9.10. The maximum absolute atomic E-state index is 6.15. The maximum atomic E-state index is 6.15. The molecule has 0 saturated carbocycles. The third kappa shape index (κ3) is 4.75. The average molecular weight is 438 g/mol. The van der Waals surface area contributed by atoms with E-state index in [0.717, 1.165) is 20.6 Å². The summed E-state index contributed by atoms with van der Waals surface area (Å²) in [6.07, 6.45) is 1.68. The van der Waals surface area contributed by atoms with E-state index in [1.165, 1.54) is 16.4 Å². The quantitative estimate of drug-likeness (QED) is 0.262. The molecule has 0 fully saturated rings. The fraction of sp³-hybridized carbons (Fsp3) is 0.0625. The van der Waals surface area contributed by atoms with E-state index in [2.05, 4.69) is 36.7 Å². The molecule has 25 heavy (non-hydrogen) atoms. The molecule has 0 bridgehead atoms. The van der Waals surface area contributed by atoms with Gasteiger partial charge in [0.2, 0.25) is 5.16 Å². The molecule has 6 nitrogen and oxygen atoms in total. The summed E-state index contributed by atoms with van der Waals surface area (Å²) in [5, 5.41) is 13.5. The molecule has 0 aliphatic heterocycles. The molecule has 0 unspecified atom stereocenters. The number of halogens is 2. The van der Waals surface area contributed by atoms with Crippen LogP contribution in [0.5, 0.6) is 0 Å². The van der Waals surface area contributed by atoms with Gasteiger partial charge in [0, 0.05) is 15.2 Å². The summed E-state index contributed by atoms with van der Waals surface area (Å²) in [6, 6.07) is 15.4. The minimum atomic E-state index is 0.357. The minimum absolute atomic E-state index is 0.357. The third-order valence-corrected chi connectivity index (χ3v) is 5.12. The van der Waals surface area contributed by atoms with Gasteiger partial charge < -0.3 is 5.84 Å². The van der Waals surface area contributed by atoms with E-state index in [4.69, 9.17) is 17.4 Å². The van der Waals surface area contributed by atoms with Crippen LogP contribution in [0.4, 0.5) is 5.95 Å². The number of benzene rings is 2. The lowest BCUT2D eigenvalue weighted by molar-refractivity contribution is 0.847. The second-order valence-electron chi connectivity index (χ2n) is 4.98. The third-order valence-electron chi connectivity index (χ3n) is 3.23. The highest BCUT2D eigenvalue weighted by Gasteiger charge is 2.10. The van der Waals surface area contributed by atoms with Gasteiger partial charge in [0.15, 0.2) is 0 Å². The minimum Gasteiger partial charge on any atom is -0.334 e. The van der Waals surface area contributed by atoms with E-state index >= 15 is 0 Å². The van der Waals surface area contributed by atoms with E-state index in [9.17, 15) is 0 Å². The normalized spacial score (nSPS) is 11.1. The molecule has 0 aliphatic carbocycles. The first-order chi connectivity index (χ1) is 12.1. The van der Waals surface area contributed by atoms with Gasteiger partial charge in [-0.2, -0.15) is 5.10 Å². The molecule has 1 aromatic heterocycles. The SMILES string of the molecule is Nn1c(N/N=C/c2ccc(Br)cc2)nnc1SCc1ccccc1Cl.